The quantitative estimate of drug-likeness (QED) is 0.189. The molecule has 0 aliphatic carbocycles. The third kappa shape index (κ3) is 4.48. The summed E-state index contributed by atoms with van der Waals surface area (Å²) in [5, 5.41) is 0. The fourth-order valence-corrected chi connectivity index (χ4v) is 31.0. The van der Waals surface area contributed by atoms with E-state index in [1.165, 1.54) is 0 Å². The van der Waals surface area contributed by atoms with Crippen LogP contribution >= 0.6 is 168 Å². The standard InChI is InChI=1S/I7N4P/c1-8-12(9(2)3,10(4)5)11(6)7. The van der Waals surface area contributed by atoms with Crippen molar-refractivity contribution >= 4 is 168 Å². The highest BCUT2D eigenvalue weighted by atomic mass is 127. The number of nitrogens with zero attached hydrogens (tertiary/aromatic N) is 4. The Hall–Kier alpha value is 5.22. The second kappa shape index (κ2) is 8.34. The summed E-state index contributed by atoms with van der Waals surface area (Å²) in [6.07, 6.45) is 0. The van der Waals surface area contributed by atoms with E-state index in [2.05, 4.69) is 166 Å². The van der Waals surface area contributed by atoms with E-state index in [9.17, 15) is 0 Å². The molecule has 0 unspecified atom stereocenters. The minimum atomic E-state index is -1.66. The van der Waals surface area contributed by atoms with Crippen LogP contribution in [0.25, 0.3) is 0 Å². The van der Waals surface area contributed by atoms with Gasteiger partial charge in [-0.1, -0.05) is 0 Å². The van der Waals surface area contributed by atoms with Gasteiger partial charge in [-0.15, -0.1) is 3.29 Å². The van der Waals surface area contributed by atoms with Gasteiger partial charge in [0.1, 0.15) is 0 Å². The van der Waals surface area contributed by atoms with E-state index >= 15 is 0 Å². The Balaban J connectivity index is 5.08. The van der Waals surface area contributed by atoms with Gasteiger partial charge in [0.05, 0.1) is 22.9 Å². The van der Waals surface area contributed by atoms with E-state index < -0.39 is 7.51 Å². The van der Waals surface area contributed by atoms with Crippen LogP contribution in [0.2, 0.25) is 0 Å². The molecule has 0 aromatic carbocycles. The van der Waals surface area contributed by atoms with Gasteiger partial charge in [-0.25, -0.2) is 0 Å². The highest BCUT2D eigenvalue weighted by Crippen LogP contribution is 2.70. The van der Waals surface area contributed by atoms with Crippen LogP contribution in [0, 0.1) is 0 Å². The molecule has 0 bridgehead atoms. The lowest BCUT2D eigenvalue weighted by atomic mass is 13.8. The van der Waals surface area contributed by atoms with Crippen molar-refractivity contribution < 1.29 is 0 Å². The summed E-state index contributed by atoms with van der Waals surface area (Å²) in [5.74, 6) is 0. The summed E-state index contributed by atoms with van der Waals surface area (Å²) in [5.41, 5.74) is 0. The summed E-state index contributed by atoms with van der Waals surface area (Å²) in [6.45, 7) is 0. The van der Waals surface area contributed by atoms with Crippen LogP contribution in [-0.2, 0) is 0 Å². The van der Waals surface area contributed by atoms with Gasteiger partial charge in [-0.3, -0.25) is 0 Å². The Morgan fingerprint density at radius 2 is 1.00 bits per heavy atom. The van der Waals surface area contributed by atoms with Crippen molar-refractivity contribution in [3.63, 3.8) is 0 Å². The van der Waals surface area contributed by atoms with E-state index in [4.69, 9.17) is 0 Å². The summed E-state index contributed by atoms with van der Waals surface area (Å²) in [6, 6.07) is 0. The first-order valence-corrected chi connectivity index (χ1v) is 10.3. The molecule has 0 fully saturated rings. The molecule has 0 heterocycles. The summed E-state index contributed by atoms with van der Waals surface area (Å²) >= 11 is 15.6. The molecule has 0 amide bonds. The van der Waals surface area contributed by atoms with Crippen LogP contribution in [0.15, 0.2) is 2.96 Å². The second-order valence-corrected chi connectivity index (χ2v) is 20.9. The lowest BCUT2D eigenvalue weighted by Crippen LogP contribution is -2.10. The smallest absolute Gasteiger partial charge is 0.185 e. The van der Waals surface area contributed by atoms with Gasteiger partial charge >= 0.3 is 0 Å². The summed E-state index contributed by atoms with van der Waals surface area (Å²) in [7, 11) is -1.66. The predicted octanol–water partition coefficient (Wildman–Crippen LogP) is 6.29. The van der Waals surface area contributed by atoms with Crippen LogP contribution < -0.4 is 0 Å². The lowest BCUT2D eigenvalue weighted by molar-refractivity contribution is 1.13. The molecule has 0 rings (SSSR count). The molecule has 0 N–H and O–H groups in total. The molecule has 0 radical (unpaired) electrons. The van der Waals surface area contributed by atoms with Crippen LogP contribution in [0.3, 0.4) is 0 Å². The summed E-state index contributed by atoms with van der Waals surface area (Å²) < 4.78 is 10.7. The van der Waals surface area contributed by atoms with E-state index in [0.29, 0.717) is 0 Å². The maximum Gasteiger partial charge on any atom is 0.232 e. The second-order valence-electron chi connectivity index (χ2n) is 1.26. The van der Waals surface area contributed by atoms with Crippen LogP contribution in [0.1, 0.15) is 0 Å². The number of halogens is 7. The lowest BCUT2D eigenvalue weighted by Gasteiger charge is -2.31. The van der Waals surface area contributed by atoms with Gasteiger partial charge in [0.15, 0.2) is 0 Å². The first-order valence-electron chi connectivity index (χ1n) is 1.98. The maximum atomic E-state index is 4.43. The molecule has 12 heteroatoms. The van der Waals surface area contributed by atoms with Crippen LogP contribution in [0.5, 0.6) is 0 Å². The molecule has 0 atom stereocenters. The molecule has 12 heavy (non-hydrogen) atoms. The molecule has 0 saturated carbocycles. The molecule has 4 nitrogen and oxygen atoms in total. The van der Waals surface area contributed by atoms with Gasteiger partial charge in [-0.2, -0.15) is 2.96 Å². The normalized spacial score (nSPS) is 13.2. The Bertz CT molecular complexity index is 157. The first kappa shape index (κ1) is 17.2. The molecular weight excluding hydrogens is 975 g/mol. The van der Waals surface area contributed by atoms with E-state index in [1.807, 2.05) is 0 Å². The maximum absolute atomic E-state index is 4.43. The Labute approximate surface area is 169 Å². The topological polar surface area (TPSA) is 22.1 Å². The van der Waals surface area contributed by atoms with E-state index in [0.717, 1.165) is 0 Å². The fraction of sp³-hybridized carbons (Fsp3) is 0. The molecule has 0 saturated heterocycles. The molecule has 0 spiro atoms. The zero-order chi connectivity index (χ0) is 9.94. The molecule has 74 valence electrons. The number of rotatable bonds is 3. The largest absolute Gasteiger partial charge is 0.232 e. The Morgan fingerprint density at radius 1 is 0.750 bits per heavy atom. The monoisotopic (exact) mass is 975 g/mol. The van der Waals surface area contributed by atoms with Crippen molar-refractivity contribution in [1.82, 2.24) is 3.29 Å². The highest BCUT2D eigenvalue weighted by Gasteiger charge is 2.35. The average molecular weight is 975 g/mol. The van der Waals surface area contributed by atoms with E-state index in [-0.39, 0.29) is 0 Å². The molecule has 0 aromatic heterocycles. The van der Waals surface area contributed by atoms with Crippen LogP contribution in [0.4, 0.5) is 0 Å². The Kier molecular flexibility index (Phi) is 12.0. The van der Waals surface area contributed by atoms with Crippen molar-refractivity contribution in [2.75, 3.05) is 0 Å². The highest BCUT2D eigenvalue weighted by molar-refractivity contribution is 14.2. The van der Waals surface area contributed by atoms with Crippen LogP contribution in [-0.4, -0.2) is 3.29 Å². The van der Waals surface area contributed by atoms with Gasteiger partial charge in [0.25, 0.3) is 0 Å². The Morgan fingerprint density at radius 3 is 1.00 bits per heavy atom. The third-order valence-electron chi connectivity index (χ3n) is 0.710. The molecular formula is I7N4P. The zero-order valence-electron chi connectivity index (χ0n) is 4.88. The van der Waals surface area contributed by atoms with Gasteiger partial charge in [-0.05, 0) is 0 Å². The van der Waals surface area contributed by atoms with Crippen molar-refractivity contribution in [1.29, 1.82) is 0 Å². The first-order chi connectivity index (χ1) is 5.39. The molecule has 0 aromatic rings. The molecule has 0 aliphatic heterocycles. The van der Waals surface area contributed by atoms with Gasteiger partial charge < -0.3 is 0 Å². The molecule has 0 aliphatic rings. The summed E-state index contributed by atoms with van der Waals surface area (Å²) in [4.78, 5) is 0. The SMILES string of the molecule is IN=P(N(I)I)(N(I)I)N(I)I. The van der Waals surface area contributed by atoms with Gasteiger partial charge in [0.2, 0.25) is 7.51 Å². The van der Waals surface area contributed by atoms with Crippen molar-refractivity contribution in [2.24, 2.45) is 2.96 Å². The average Bonchev–Trinajstić information content (AvgIpc) is 1.86. The minimum Gasteiger partial charge on any atom is -0.185 e. The fourth-order valence-electron chi connectivity index (χ4n) is 0.230. The van der Waals surface area contributed by atoms with E-state index in [1.54, 1.807) is 0 Å². The number of hydrogen-bond acceptors (Lipinski definition) is 1. The van der Waals surface area contributed by atoms with Gasteiger partial charge in [0, 0.05) is 137 Å². The van der Waals surface area contributed by atoms with Crippen molar-refractivity contribution in [3.05, 3.63) is 0 Å². The minimum absolute atomic E-state index is 1.66. The predicted molar refractivity (Wildman–Crippen MR) is 113 cm³/mol. The third-order valence-corrected chi connectivity index (χ3v) is 14.3. The van der Waals surface area contributed by atoms with Crippen molar-refractivity contribution in [3.8, 4) is 0 Å². The number of hydrogen-bond donors (Lipinski definition) is 0. The van der Waals surface area contributed by atoms with Crippen molar-refractivity contribution in [2.45, 2.75) is 0 Å². The zero-order valence-corrected chi connectivity index (χ0v) is 20.9.